The fraction of sp³-hybridized carbons (Fsp3) is 0.907. The van der Waals surface area contributed by atoms with Crippen LogP contribution in [0.2, 0.25) is 0 Å². The van der Waals surface area contributed by atoms with Crippen molar-refractivity contribution in [2.24, 2.45) is 0 Å². The molecule has 0 aliphatic heterocycles. The van der Waals surface area contributed by atoms with Crippen LogP contribution < -0.4 is 5.32 Å². The number of allylic oxidation sites excluding steroid dienone is 4. The molecule has 0 aliphatic rings. The zero-order valence-corrected chi connectivity index (χ0v) is 40.2. The molecule has 1 amide bonds. The normalized spacial score (nSPS) is 14.0. The zero-order valence-electron chi connectivity index (χ0n) is 40.2. The van der Waals surface area contributed by atoms with E-state index in [9.17, 15) is 25.2 Å². The van der Waals surface area contributed by atoms with Crippen molar-refractivity contribution in [2.75, 3.05) is 6.61 Å². The third-order valence-electron chi connectivity index (χ3n) is 12.6. The number of nitrogens with one attached hydrogen (secondary N) is 1. The lowest BCUT2D eigenvalue weighted by atomic mass is 10.00. The van der Waals surface area contributed by atoms with Gasteiger partial charge in [0.2, 0.25) is 5.91 Å². The average molecular weight is 848 g/mol. The first-order chi connectivity index (χ1) is 29.5. The molecule has 4 atom stereocenters. The van der Waals surface area contributed by atoms with E-state index in [1.807, 2.05) is 0 Å². The molecule has 0 fully saturated rings. The van der Waals surface area contributed by atoms with Crippen LogP contribution in [0.25, 0.3) is 0 Å². The summed E-state index contributed by atoms with van der Waals surface area (Å²) in [7, 11) is 0. The van der Waals surface area contributed by atoms with Crippen LogP contribution in [-0.2, 0) is 4.79 Å². The van der Waals surface area contributed by atoms with Crippen LogP contribution in [-0.4, -0.2) is 57.3 Å². The molecule has 0 rings (SSSR count). The van der Waals surface area contributed by atoms with E-state index in [2.05, 4.69) is 43.5 Å². The number of rotatable bonds is 49. The van der Waals surface area contributed by atoms with Gasteiger partial charge in [-0.1, -0.05) is 256 Å². The summed E-state index contributed by atoms with van der Waals surface area (Å²) in [6, 6.07) is -1.00. The van der Waals surface area contributed by atoms with Gasteiger partial charge in [0.05, 0.1) is 18.8 Å². The minimum Gasteiger partial charge on any atom is -0.394 e. The minimum atomic E-state index is -1.29. The quantitative estimate of drug-likeness (QED) is 0.0309. The molecule has 5 N–H and O–H groups in total. The van der Waals surface area contributed by atoms with Gasteiger partial charge < -0.3 is 25.7 Å². The van der Waals surface area contributed by atoms with Gasteiger partial charge in [0.15, 0.2) is 0 Å². The molecular weight excluding hydrogens is 743 g/mol. The van der Waals surface area contributed by atoms with Gasteiger partial charge in [0.25, 0.3) is 0 Å². The highest BCUT2D eigenvalue weighted by atomic mass is 16.3. The Balaban J connectivity index is 3.62. The molecule has 0 aromatic carbocycles. The highest BCUT2D eigenvalue weighted by Gasteiger charge is 2.28. The Morgan fingerprint density at radius 1 is 0.400 bits per heavy atom. The number of hydrogen-bond acceptors (Lipinski definition) is 5. The van der Waals surface area contributed by atoms with Gasteiger partial charge in [-0.2, -0.15) is 0 Å². The van der Waals surface area contributed by atoms with Crippen LogP contribution in [0.3, 0.4) is 0 Å². The van der Waals surface area contributed by atoms with Gasteiger partial charge in [-0.25, -0.2) is 0 Å². The second-order valence-corrected chi connectivity index (χ2v) is 18.6. The summed E-state index contributed by atoms with van der Waals surface area (Å²) < 4.78 is 0. The minimum absolute atomic E-state index is 0.363. The van der Waals surface area contributed by atoms with Gasteiger partial charge in [0.1, 0.15) is 12.2 Å². The number of unbranched alkanes of at least 4 members (excludes halogenated alkanes) is 36. The van der Waals surface area contributed by atoms with E-state index in [4.69, 9.17) is 0 Å². The molecule has 0 heterocycles. The lowest BCUT2D eigenvalue weighted by Crippen LogP contribution is -2.53. The van der Waals surface area contributed by atoms with Crippen molar-refractivity contribution in [2.45, 2.75) is 308 Å². The maximum atomic E-state index is 12.5. The molecular formula is C54H105NO5. The van der Waals surface area contributed by atoms with Gasteiger partial charge in [-0.3, -0.25) is 4.79 Å². The van der Waals surface area contributed by atoms with E-state index in [1.54, 1.807) is 0 Å². The number of carbonyl (C=O) groups excluding carboxylic acids is 1. The van der Waals surface area contributed by atoms with E-state index >= 15 is 0 Å². The summed E-state index contributed by atoms with van der Waals surface area (Å²) in [5, 5.41) is 43.7. The molecule has 0 saturated heterocycles. The fourth-order valence-electron chi connectivity index (χ4n) is 8.42. The Bertz CT molecular complexity index is 909. The van der Waals surface area contributed by atoms with E-state index in [0.717, 1.165) is 38.5 Å². The maximum Gasteiger partial charge on any atom is 0.249 e. The Kier molecular flexibility index (Phi) is 47.8. The van der Waals surface area contributed by atoms with Crippen LogP contribution >= 0.6 is 0 Å². The molecule has 60 heavy (non-hydrogen) atoms. The van der Waals surface area contributed by atoms with Crippen molar-refractivity contribution in [3.05, 3.63) is 24.3 Å². The first-order valence-electron chi connectivity index (χ1n) is 26.7. The van der Waals surface area contributed by atoms with Crippen molar-refractivity contribution in [3.63, 3.8) is 0 Å². The molecule has 0 aromatic rings. The average Bonchev–Trinajstić information content (AvgIpc) is 3.25. The molecule has 356 valence electrons. The Morgan fingerprint density at radius 2 is 0.700 bits per heavy atom. The molecule has 4 unspecified atom stereocenters. The maximum absolute atomic E-state index is 12.5. The molecule has 0 radical (unpaired) electrons. The number of aliphatic hydroxyl groups excluding tert-OH is 4. The standard InChI is InChI=1S/C54H105NO5/c1-3-5-7-9-11-13-15-17-18-19-20-21-22-23-24-25-26-27-28-29-30-31-32-33-34-35-36-38-39-41-43-45-47-51(57)53(59)50(49-56)55-54(60)52(58)48-46-44-42-40-37-16-14-12-10-8-6-4-2/h34-35,39,41,50-53,56-59H,3-33,36-38,40,42-49H2,1-2H3,(H,55,60)/b35-34+,41-39+. The third-order valence-corrected chi connectivity index (χ3v) is 12.6. The summed E-state index contributed by atoms with van der Waals surface area (Å²) in [5.74, 6) is -0.596. The molecule has 6 nitrogen and oxygen atoms in total. The highest BCUT2D eigenvalue weighted by Crippen LogP contribution is 2.17. The van der Waals surface area contributed by atoms with Gasteiger partial charge in [-0.05, 0) is 51.4 Å². The zero-order chi connectivity index (χ0) is 43.8. The first-order valence-corrected chi connectivity index (χ1v) is 26.7. The summed E-state index contributed by atoms with van der Waals surface area (Å²) in [6.07, 6.45) is 58.3. The van der Waals surface area contributed by atoms with Crippen LogP contribution in [0.4, 0.5) is 0 Å². The number of hydrogen-bond donors (Lipinski definition) is 5. The van der Waals surface area contributed by atoms with Gasteiger partial charge in [0, 0.05) is 0 Å². The highest BCUT2D eigenvalue weighted by molar-refractivity contribution is 5.80. The van der Waals surface area contributed by atoms with Crippen molar-refractivity contribution in [1.29, 1.82) is 0 Å². The lowest BCUT2D eigenvalue weighted by Gasteiger charge is -2.27. The van der Waals surface area contributed by atoms with Crippen molar-refractivity contribution >= 4 is 5.91 Å². The number of aliphatic hydroxyl groups is 4. The summed E-state index contributed by atoms with van der Waals surface area (Å²) >= 11 is 0. The molecule has 0 spiro atoms. The fourth-order valence-corrected chi connectivity index (χ4v) is 8.42. The molecule has 0 aromatic heterocycles. The van der Waals surface area contributed by atoms with E-state index in [1.165, 1.54) is 212 Å². The van der Waals surface area contributed by atoms with E-state index in [-0.39, 0.29) is 0 Å². The molecule has 0 saturated carbocycles. The molecule has 0 bridgehead atoms. The summed E-state index contributed by atoms with van der Waals surface area (Å²) in [5.41, 5.74) is 0. The molecule has 6 heteroatoms. The second-order valence-electron chi connectivity index (χ2n) is 18.6. The summed E-state index contributed by atoms with van der Waals surface area (Å²) in [4.78, 5) is 12.5. The largest absolute Gasteiger partial charge is 0.394 e. The Hall–Kier alpha value is -1.21. The molecule has 0 aliphatic carbocycles. The van der Waals surface area contributed by atoms with Gasteiger partial charge >= 0.3 is 0 Å². The summed E-state index contributed by atoms with van der Waals surface area (Å²) in [6.45, 7) is 4.05. The second kappa shape index (κ2) is 48.8. The van der Waals surface area contributed by atoms with Crippen molar-refractivity contribution in [3.8, 4) is 0 Å². The third kappa shape index (κ3) is 42.1. The topological polar surface area (TPSA) is 110 Å². The van der Waals surface area contributed by atoms with Gasteiger partial charge in [-0.15, -0.1) is 0 Å². The smallest absolute Gasteiger partial charge is 0.249 e. The van der Waals surface area contributed by atoms with Crippen LogP contribution in [0.1, 0.15) is 284 Å². The van der Waals surface area contributed by atoms with E-state index < -0.39 is 36.9 Å². The lowest BCUT2D eigenvalue weighted by molar-refractivity contribution is -0.132. The predicted octanol–water partition coefficient (Wildman–Crippen LogP) is 15.1. The monoisotopic (exact) mass is 848 g/mol. The van der Waals surface area contributed by atoms with Crippen LogP contribution in [0.15, 0.2) is 24.3 Å². The van der Waals surface area contributed by atoms with Crippen LogP contribution in [0.5, 0.6) is 0 Å². The predicted molar refractivity (Wildman–Crippen MR) is 261 cm³/mol. The van der Waals surface area contributed by atoms with Crippen molar-refractivity contribution < 1.29 is 25.2 Å². The Labute approximate surface area is 374 Å². The first kappa shape index (κ1) is 58.8. The number of amides is 1. The number of carbonyl (C=O) groups is 1. The Morgan fingerprint density at radius 3 is 1.05 bits per heavy atom. The van der Waals surface area contributed by atoms with Crippen LogP contribution in [0, 0.1) is 0 Å². The SMILES string of the molecule is CCCCCCCCCCCCCCCCCCCCCCCCC/C=C/CC/C=C/CCCC(O)C(O)C(CO)NC(=O)C(O)CCCCCCCCCCCCCC. The van der Waals surface area contributed by atoms with E-state index in [0.29, 0.717) is 19.3 Å². The van der Waals surface area contributed by atoms with Crippen molar-refractivity contribution in [1.82, 2.24) is 5.32 Å².